The van der Waals surface area contributed by atoms with Crippen LogP contribution in [0, 0.1) is 17.2 Å². The molecule has 1 spiro atoms. The predicted octanol–water partition coefficient (Wildman–Crippen LogP) is 6.46. The second-order valence-corrected chi connectivity index (χ2v) is 11.3. The van der Waals surface area contributed by atoms with Gasteiger partial charge in [-0.1, -0.05) is 28.7 Å². The molecule has 1 saturated carbocycles. The SMILES string of the molecule is C/C=C/C(=O)Nc1cc2c(Nc3ccc(F)c(CI)c3)ncnc2cc1OCC1CC2(CCN(C)CC2)C1. The number of likely N-dealkylation sites (tertiary alicyclic amines) is 1. The molecule has 2 fully saturated rings. The van der Waals surface area contributed by atoms with E-state index in [1.54, 1.807) is 25.1 Å². The fourth-order valence-electron chi connectivity index (χ4n) is 5.61. The van der Waals surface area contributed by atoms with E-state index in [4.69, 9.17) is 4.74 Å². The number of halogens is 2. The quantitative estimate of drug-likeness (QED) is 0.169. The number of allylic oxidation sites excluding steroid dienone is 1. The molecule has 0 bridgehead atoms. The molecule has 2 aromatic carbocycles. The molecular weight excluding hydrogens is 596 g/mol. The van der Waals surface area contributed by atoms with Crippen molar-refractivity contribution in [2.75, 3.05) is 37.4 Å². The number of amides is 1. The van der Waals surface area contributed by atoms with Crippen LogP contribution in [0.4, 0.5) is 21.6 Å². The molecule has 2 N–H and O–H groups in total. The predicted molar refractivity (Wildman–Crippen MR) is 158 cm³/mol. The highest BCUT2D eigenvalue weighted by Gasteiger charge is 2.45. The van der Waals surface area contributed by atoms with Crippen LogP contribution in [-0.2, 0) is 9.22 Å². The van der Waals surface area contributed by atoms with Gasteiger partial charge in [-0.3, -0.25) is 4.79 Å². The molecule has 2 heterocycles. The fourth-order valence-corrected chi connectivity index (χ4v) is 6.19. The summed E-state index contributed by atoms with van der Waals surface area (Å²) in [6.07, 6.45) is 9.59. The van der Waals surface area contributed by atoms with Crippen LogP contribution in [0.5, 0.6) is 5.75 Å². The van der Waals surface area contributed by atoms with Crippen molar-refractivity contribution in [1.82, 2.24) is 14.9 Å². The van der Waals surface area contributed by atoms with E-state index in [-0.39, 0.29) is 11.7 Å². The number of carbonyl (C=O) groups excluding carboxylic acids is 1. The maximum absolute atomic E-state index is 14.0. The van der Waals surface area contributed by atoms with Crippen molar-refractivity contribution in [3.05, 3.63) is 60.2 Å². The molecule has 7 nitrogen and oxygen atoms in total. The van der Waals surface area contributed by atoms with E-state index in [0.29, 0.717) is 50.7 Å². The van der Waals surface area contributed by atoms with Gasteiger partial charge in [0.1, 0.15) is 23.7 Å². The number of ether oxygens (including phenoxy) is 1. The topological polar surface area (TPSA) is 79.4 Å². The number of fused-ring (bicyclic) bond motifs is 1. The summed E-state index contributed by atoms with van der Waals surface area (Å²) in [7, 11) is 2.20. The molecule has 2 aliphatic rings. The van der Waals surface area contributed by atoms with Gasteiger partial charge in [0.2, 0.25) is 5.91 Å². The highest BCUT2D eigenvalue weighted by atomic mass is 127. The third-order valence-electron chi connectivity index (χ3n) is 7.73. The summed E-state index contributed by atoms with van der Waals surface area (Å²) in [5, 5.41) is 6.96. The van der Waals surface area contributed by atoms with Crippen molar-refractivity contribution in [1.29, 1.82) is 0 Å². The van der Waals surface area contributed by atoms with Crippen LogP contribution in [0.25, 0.3) is 10.9 Å². The molecule has 0 radical (unpaired) electrons. The molecule has 0 unspecified atom stereocenters. The van der Waals surface area contributed by atoms with E-state index in [1.165, 1.54) is 57.2 Å². The lowest BCUT2D eigenvalue weighted by molar-refractivity contribution is -0.111. The van der Waals surface area contributed by atoms with Crippen LogP contribution in [0.2, 0.25) is 0 Å². The molecule has 3 aromatic rings. The molecule has 9 heteroatoms. The van der Waals surface area contributed by atoms with Crippen molar-refractivity contribution in [3.8, 4) is 5.75 Å². The number of benzene rings is 2. The number of rotatable bonds is 8. The molecule has 1 aromatic heterocycles. The maximum atomic E-state index is 14.0. The number of hydrogen-bond acceptors (Lipinski definition) is 6. The average molecular weight is 630 g/mol. The summed E-state index contributed by atoms with van der Waals surface area (Å²) in [4.78, 5) is 23.8. The highest BCUT2D eigenvalue weighted by Crippen LogP contribution is 2.52. The van der Waals surface area contributed by atoms with Crippen LogP contribution >= 0.6 is 22.6 Å². The monoisotopic (exact) mass is 629 g/mol. The van der Waals surface area contributed by atoms with Gasteiger partial charge in [-0.2, -0.15) is 0 Å². The lowest BCUT2D eigenvalue weighted by atomic mass is 9.58. The van der Waals surface area contributed by atoms with E-state index in [1.807, 2.05) is 12.1 Å². The Bertz CT molecular complexity index is 1350. The van der Waals surface area contributed by atoms with Crippen LogP contribution in [0.1, 0.15) is 38.2 Å². The summed E-state index contributed by atoms with van der Waals surface area (Å²) >= 11 is 2.14. The summed E-state index contributed by atoms with van der Waals surface area (Å²) in [6, 6.07) is 8.61. The Morgan fingerprint density at radius 3 is 2.76 bits per heavy atom. The molecule has 38 heavy (non-hydrogen) atoms. The zero-order chi connectivity index (χ0) is 26.7. The van der Waals surface area contributed by atoms with E-state index < -0.39 is 0 Å². The van der Waals surface area contributed by atoms with Crippen molar-refractivity contribution in [2.45, 2.75) is 37.0 Å². The summed E-state index contributed by atoms with van der Waals surface area (Å²) in [5.41, 5.74) is 3.09. The van der Waals surface area contributed by atoms with Gasteiger partial charge in [0.15, 0.2) is 0 Å². The second-order valence-electron chi connectivity index (χ2n) is 10.5. The number of aromatic nitrogens is 2. The van der Waals surface area contributed by atoms with E-state index in [2.05, 4.69) is 55.1 Å². The molecule has 1 aliphatic carbocycles. The van der Waals surface area contributed by atoms with E-state index in [9.17, 15) is 9.18 Å². The maximum Gasteiger partial charge on any atom is 0.248 e. The van der Waals surface area contributed by atoms with Crippen molar-refractivity contribution in [3.63, 3.8) is 0 Å². The molecule has 5 rings (SSSR count). The molecule has 1 amide bonds. The number of anilines is 3. The first kappa shape index (κ1) is 26.8. The van der Waals surface area contributed by atoms with Crippen molar-refractivity contribution in [2.24, 2.45) is 11.3 Å². The lowest BCUT2D eigenvalue weighted by Gasteiger charge is -2.51. The first-order valence-corrected chi connectivity index (χ1v) is 14.6. The number of carbonyl (C=O) groups is 1. The van der Waals surface area contributed by atoms with Gasteiger partial charge in [0, 0.05) is 21.6 Å². The summed E-state index contributed by atoms with van der Waals surface area (Å²) < 4.78 is 20.9. The van der Waals surface area contributed by atoms with Gasteiger partial charge in [-0.05, 0) is 100.0 Å². The number of nitrogens with one attached hydrogen (secondary N) is 2. The van der Waals surface area contributed by atoms with Crippen LogP contribution < -0.4 is 15.4 Å². The molecule has 0 atom stereocenters. The summed E-state index contributed by atoms with van der Waals surface area (Å²) in [5.74, 6) is 1.21. The van der Waals surface area contributed by atoms with Crippen LogP contribution in [-0.4, -0.2) is 47.5 Å². The fraction of sp³-hybridized carbons (Fsp3) is 0.414. The van der Waals surface area contributed by atoms with E-state index >= 15 is 0 Å². The first-order valence-electron chi connectivity index (χ1n) is 13.0. The van der Waals surface area contributed by atoms with Gasteiger partial charge in [-0.15, -0.1) is 0 Å². The lowest BCUT2D eigenvalue weighted by Crippen LogP contribution is -2.47. The molecule has 1 saturated heterocycles. The van der Waals surface area contributed by atoms with Gasteiger partial charge in [0.05, 0.1) is 17.8 Å². The average Bonchev–Trinajstić information content (AvgIpc) is 2.89. The Balaban J connectivity index is 1.38. The summed E-state index contributed by atoms with van der Waals surface area (Å²) in [6.45, 7) is 4.76. The Morgan fingerprint density at radius 1 is 1.24 bits per heavy atom. The number of hydrogen-bond donors (Lipinski definition) is 2. The standard InChI is InChI=1S/C29H33FIN5O2/c1-3-4-27(37)35-25-12-22-24(32-18-33-28(22)34-21-5-6-23(30)20(11-21)16-31)13-26(25)38-17-19-14-29(15-19)7-9-36(2)10-8-29/h3-6,11-13,18-19H,7-10,14-17H2,1-2H3,(H,35,37)(H,32,33,34)/b4-3+. The first-order chi connectivity index (χ1) is 18.4. The zero-order valence-electron chi connectivity index (χ0n) is 21.8. The highest BCUT2D eigenvalue weighted by molar-refractivity contribution is 14.1. The van der Waals surface area contributed by atoms with E-state index in [0.717, 1.165) is 11.1 Å². The number of nitrogens with zero attached hydrogens (tertiary/aromatic N) is 3. The normalized spacial score (nSPS) is 17.6. The zero-order valence-corrected chi connectivity index (χ0v) is 23.9. The minimum absolute atomic E-state index is 0.234. The smallest absolute Gasteiger partial charge is 0.248 e. The molecule has 200 valence electrons. The Hall–Kier alpha value is -2.79. The minimum Gasteiger partial charge on any atom is -0.491 e. The van der Waals surface area contributed by atoms with Crippen molar-refractivity contribution < 1.29 is 13.9 Å². The third kappa shape index (κ3) is 5.93. The third-order valence-corrected chi connectivity index (χ3v) is 8.55. The largest absolute Gasteiger partial charge is 0.491 e. The van der Waals surface area contributed by atoms with Crippen molar-refractivity contribution >= 4 is 56.6 Å². The van der Waals surface area contributed by atoms with Gasteiger partial charge in [0.25, 0.3) is 0 Å². The second kappa shape index (κ2) is 11.5. The minimum atomic E-state index is -0.235. The van der Waals surface area contributed by atoms with Crippen LogP contribution in [0.15, 0.2) is 48.8 Å². The number of piperidine rings is 1. The van der Waals surface area contributed by atoms with Gasteiger partial charge < -0.3 is 20.3 Å². The number of alkyl halides is 1. The Labute approximate surface area is 236 Å². The van der Waals surface area contributed by atoms with Crippen LogP contribution in [0.3, 0.4) is 0 Å². The van der Waals surface area contributed by atoms with Gasteiger partial charge >= 0.3 is 0 Å². The Kier molecular flexibility index (Phi) is 8.13. The van der Waals surface area contributed by atoms with Gasteiger partial charge in [-0.25, -0.2) is 14.4 Å². The molecule has 1 aliphatic heterocycles. The molecular formula is C29H33FIN5O2. The Morgan fingerprint density at radius 2 is 2.03 bits per heavy atom.